The molecule has 2 heterocycles. The quantitative estimate of drug-likeness (QED) is 0.636. The molecule has 1 aliphatic rings. The topological polar surface area (TPSA) is 80.5 Å². The standard InChI is InChI=1S/C20H23Cl2FN4O2/c1-12(18-14(21)4-5-15(23)19(18)22)29-16-8-13(10-26-20(16)24)9-25-17(28)11-27-6-2-3-7-27/h4-5,8,10,12H,2-3,6-7,9,11H2,1H3,(H2,24,26)(H,25,28). The number of nitrogens with two attached hydrogens (primary N) is 1. The molecule has 1 atom stereocenters. The number of carbonyl (C=O) groups is 1. The van der Waals surface area contributed by atoms with Gasteiger partial charge in [0.2, 0.25) is 5.91 Å². The molecule has 3 N–H and O–H groups in total. The van der Waals surface area contributed by atoms with Crippen LogP contribution in [0.2, 0.25) is 10.0 Å². The molecule has 1 aromatic heterocycles. The van der Waals surface area contributed by atoms with Gasteiger partial charge in [0.25, 0.3) is 0 Å². The van der Waals surface area contributed by atoms with Crippen molar-refractivity contribution in [1.29, 1.82) is 0 Å². The Bertz CT molecular complexity index is 891. The highest BCUT2D eigenvalue weighted by atomic mass is 35.5. The van der Waals surface area contributed by atoms with Crippen LogP contribution in [0.3, 0.4) is 0 Å². The minimum atomic E-state index is -0.658. The Kier molecular flexibility index (Phi) is 7.16. The molecule has 0 saturated carbocycles. The molecule has 0 aliphatic carbocycles. The van der Waals surface area contributed by atoms with Crippen LogP contribution in [-0.4, -0.2) is 35.4 Å². The lowest BCUT2D eigenvalue weighted by Gasteiger charge is -2.19. The van der Waals surface area contributed by atoms with Crippen molar-refractivity contribution < 1.29 is 13.9 Å². The summed E-state index contributed by atoms with van der Waals surface area (Å²) in [5, 5.41) is 3.07. The van der Waals surface area contributed by atoms with Crippen LogP contribution in [0.1, 0.15) is 37.0 Å². The van der Waals surface area contributed by atoms with Crippen molar-refractivity contribution in [2.45, 2.75) is 32.4 Å². The molecule has 9 heteroatoms. The third kappa shape index (κ3) is 5.50. The number of nitrogens with zero attached hydrogens (tertiary/aromatic N) is 2. The summed E-state index contributed by atoms with van der Waals surface area (Å²) >= 11 is 12.2. The first-order valence-corrected chi connectivity index (χ1v) is 10.1. The Hall–Kier alpha value is -2.09. The zero-order valence-electron chi connectivity index (χ0n) is 16.1. The SMILES string of the molecule is CC(Oc1cc(CNC(=O)CN2CCCC2)cnc1N)c1c(Cl)ccc(F)c1Cl. The van der Waals surface area contributed by atoms with Gasteiger partial charge in [-0.1, -0.05) is 23.2 Å². The molecule has 1 amide bonds. The number of amides is 1. The van der Waals surface area contributed by atoms with Gasteiger partial charge >= 0.3 is 0 Å². The largest absolute Gasteiger partial charge is 0.482 e. The van der Waals surface area contributed by atoms with Crippen LogP contribution < -0.4 is 15.8 Å². The molecule has 6 nitrogen and oxygen atoms in total. The third-order valence-corrected chi connectivity index (χ3v) is 5.50. The Morgan fingerprint density at radius 1 is 1.38 bits per heavy atom. The van der Waals surface area contributed by atoms with Crippen LogP contribution in [-0.2, 0) is 11.3 Å². The number of carbonyl (C=O) groups excluding carboxylic acids is 1. The van der Waals surface area contributed by atoms with Gasteiger partial charge in [-0.25, -0.2) is 9.37 Å². The van der Waals surface area contributed by atoms with Crippen LogP contribution in [0, 0.1) is 5.82 Å². The zero-order chi connectivity index (χ0) is 21.0. The summed E-state index contributed by atoms with van der Waals surface area (Å²) in [6.45, 7) is 4.29. The highest BCUT2D eigenvalue weighted by molar-refractivity contribution is 6.36. The molecular weight excluding hydrogens is 418 g/mol. The van der Waals surface area contributed by atoms with E-state index in [1.807, 2.05) is 0 Å². The minimum absolute atomic E-state index is 0.0436. The molecule has 0 radical (unpaired) electrons. The summed E-state index contributed by atoms with van der Waals surface area (Å²) in [5.41, 5.74) is 6.98. The number of hydrogen-bond acceptors (Lipinski definition) is 5. The molecule has 29 heavy (non-hydrogen) atoms. The lowest BCUT2D eigenvalue weighted by molar-refractivity contribution is -0.122. The van der Waals surface area contributed by atoms with Crippen molar-refractivity contribution in [3.63, 3.8) is 0 Å². The van der Waals surface area contributed by atoms with E-state index in [1.165, 1.54) is 12.1 Å². The fourth-order valence-corrected chi connectivity index (χ4v) is 3.93. The number of ether oxygens (including phenoxy) is 1. The average Bonchev–Trinajstić information content (AvgIpc) is 3.18. The fourth-order valence-electron chi connectivity index (χ4n) is 3.25. The lowest BCUT2D eigenvalue weighted by atomic mass is 10.1. The Morgan fingerprint density at radius 2 is 2.10 bits per heavy atom. The van der Waals surface area contributed by atoms with Crippen molar-refractivity contribution in [2.24, 2.45) is 0 Å². The van der Waals surface area contributed by atoms with Gasteiger partial charge in [0.1, 0.15) is 11.9 Å². The van der Waals surface area contributed by atoms with E-state index in [-0.39, 0.29) is 16.7 Å². The number of nitrogens with one attached hydrogen (secondary N) is 1. The van der Waals surface area contributed by atoms with Crippen molar-refractivity contribution >= 4 is 34.9 Å². The molecule has 1 saturated heterocycles. The summed E-state index contributed by atoms with van der Waals surface area (Å²) in [6, 6.07) is 4.31. The second kappa shape index (κ2) is 9.61. The van der Waals surface area contributed by atoms with Crippen molar-refractivity contribution in [2.75, 3.05) is 25.4 Å². The summed E-state index contributed by atoms with van der Waals surface area (Å²) < 4.78 is 19.7. The van der Waals surface area contributed by atoms with E-state index in [4.69, 9.17) is 33.7 Å². The van der Waals surface area contributed by atoms with Gasteiger partial charge in [0, 0.05) is 23.3 Å². The molecule has 0 spiro atoms. The number of nitrogen functional groups attached to an aromatic ring is 1. The van der Waals surface area contributed by atoms with Gasteiger partial charge in [0.05, 0.1) is 11.6 Å². The van der Waals surface area contributed by atoms with E-state index in [1.54, 1.807) is 19.2 Å². The average molecular weight is 441 g/mol. The van der Waals surface area contributed by atoms with E-state index < -0.39 is 11.9 Å². The summed E-state index contributed by atoms with van der Waals surface area (Å²) in [7, 11) is 0. The number of hydrogen-bond donors (Lipinski definition) is 2. The lowest BCUT2D eigenvalue weighted by Crippen LogP contribution is -2.35. The maximum absolute atomic E-state index is 13.8. The summed E-state index contributed by atoms with van der Waals surface area (Å²) in [6.07, 6.45) is 3.18. The molecule has 1 aromatic carbocycles. The summed E-state index contributed by atoms with van der Waals surface area (Å²) in [5.74, 6) is -0.146. The third-order valence-electron chi connectivity index (χ3n) is 4.78. The maximum atomic E-state index is 13.8. The van der Waals surface area contributed by atoms with Crippen LogP contribution >= 0.6 is 23.2 Å². The number of rotatable bonds is 7. The van der Waals surface area contributed by atoms with Crippen LogP contribution in [0.5, 0.6) is 5.75 Å². The van der Waals surface area contributed by atoms with Gasteiger partial charge in [-0.3, -0.25) is 9.69 Å². The molecule has 156 valence electrons. The number of aromatic nitrogens is 1. The Labute approximate surface area is 179 Å². The second-order valence-electron chi connectivity index (χ2n) is 7.00. The summed E-state index contributed by atoms with van der Waals surface area (Å²) in [4.78, 5) is 18.3. The van der Waals surface area contributed by atoms with Gasteiger partial charge in [-0.05, 0) is 56.6 Å². The number of pyridine rings is 1. The highest BCUT2D eigenvalue weighted by Crippen LogP contribution is 2.35. The first-order chi connectivity index (χ1) is 13.8. The first kappa shape index (κ1) is 21.6. The van der Waals surface area contributed by atoms with Crippen LogP contribution in [0.25, 0.3) is 0 Å². The molecule has 2 aromatic rings. The van der Waals surface area contributed by atoms with Crippen molar-refractivity contribution in [1.82, 2.24) is 15.2 Å². The van der Waals surface area contributed by atoms with E-state index >= 15 is 0 Å². The smallest absolute Gasteiger partial charge is 0.234 e. The molecule has 1 aliphatic heterocycles. The van der Waals surface area contributed by atoms with E-state index in [0.29, 0.717) is 29.4 Å². The van der Waals surface area contributed by atoms with Gasteiger partial charge < -0.3 is 15.8 Å². The number of likely N-dealkylation sites (tertiary alicyclic amines) is 1. The fraction of sp³-hybridized carbons (Fsp3) is 0.400. The number of benzene rings is 1. The Morgan fingerprint density at radius 3 is 2.83 bits per heavy atom. The molecule has 0 bridgehead atoms. The van der Waals surface area contributed by atoms with Crippen LogP contribution in [0.15, 0.2) is 24.4 Å². The molecule has 3 rings (SSSR count). The minimum Gasteiger partial charge on any atom is -0.482 e. The van der Waals surface area contributed by atoms with Gasteiger partial charge in [-0.15, -0.1) is 0 Å². The second-order valence-corrected chi connectivity index (χ2v) is 7.79. The number of anilines is 1. The van der Waals surface area contributed by atoms with Crippen molar-refractivity contribution in [3.8, 4) is 5.75 Å². The predicted molar refractivity (Wildman–Crippen MR) is 112 cm³/mol. The van der Waals surface area contributed by atoms with Crippen LogP contribution in [0.4, 0.5) is 10.2 Å². The molecular formula is C20H23Cl2FN4O2. The monoisotopic (exact) mass is 440 g/mol. The predicted octanol–water partition coefficient (Wildman–Crippen LogP) is 3.96. The van der Waals surface area contributed by atoms with Gasteiger partial charge in [0.15, 0.2) is 11.6 Å². The molecule has 1 unspecified atom stereocenters. The van der Waals surface area contributed by atoms with E-state index in [2.05, 4.69) is 15.2 Å². The number of halogens is 3. The Balaban J connectivity index is 1.66. The highest BCUT2D eigenvalue weighted by Gasteiger charge is 2.20. The normalized spacial score (nSPS) is 15.3. The zero-order valence-corrected chi connectivity index (χ0v) is 17.6. The van der Waals surface area contributed by atoms with Gasteiger partial charge in [-0.2, -0.15) is 0 Å². The van der Waals surface area contributed by atoms with Crippen molar-refractivity contribution in [3.05, 3.63) is 51.4 Å². The molecule has 1 fully saturated rings. The van der Waals surface area contributed by atoms with E-state index in [0.717, 1.165) is 31.5 Å². The maximum Gasteiger partial charge on any atom is 0.234 e. The first-order valence-electron chi connectivity index (χ1n) is 9.38. The van der Waals surface area contributed by atoms with E-state index in [9.17, 15) is 9.18 Å².